The topological polar surface area (TPSA) is 37.8 Å². The van der Waals surface area contributed by atoms with Crippen molar-refractivity contribution in [3.05, 3.63) is 17.6 Å². The highest BCUT2D eigenvalue weighted by Crippen LogP contribution is 2.29. The van der Waals surface area contributed by atoms with Crippen molar-refractivity contribution in [3.8, 4) is 0 Å². The van der Waals surface area contributed by atoms with Gasteiger partial charge in [0.25, 0.3) is 0 Å². The Balaban J connectivity index is 2.28. The molecular formula is C14H22ClN3. The van der Waals surface area contributed by atoms with Crippen LogP contribution in [0.15, 0.2) is 6.33 Å². The Hall–Kier alpha value is -0.830. The Labute approximate surface area is 114 Å². The minimum atomic E-state index is -0.0405. The molecule has 0 bridgehead atoms. The fraction of sp³-hybridized carbons (Fsp3) is 0.714. The van der Waals surface area contributed by atoms with Crippen molar-refractivity contribution in [1.82, 2.24) is 9.97 Å². The van der Waals surface area contributed by atoms with Crippen molar-refractivity contribution in [2.24, 2.45) is 0 Å². The quantitative estimate of drug-likeness (QED) is 0.829. The molecule has 0 radical (unpaired) electrons. The van der Waals surface area contributed by atoms with Gasteiger partial charge >= 0.3 is 0 Å². The largest absolute Gasteiger partial charge is 0.363 e. The fourth-order valence-corrected chi connectivity index (χ4v) is 2.97. The Bertz CT molecular complexity index is 394. The monoisotopic (exact) mass is 267 g/mol. The first-order chi connectivity index (χ1) is 8.74. The lowest BCUT2D eigenvalue weighted by atomic mass is 9.92. The highest BCUT2D eigenvalue weighted by Gasteiger charge is 2.27. The Morgan fingerprint density at radius 2 is 1.94 bits per heavy atom. The average molecular weight is 268 g/mol. The Kier molecular flexibility index (Phi) is 4.44. The first-order valence-corrected chi connectivity index (χ1v) is 7.45. The summed E-state index contributed by atoms with van der Waals surface area (Å²) < 4.78 is 0. The molecule has 0 spiro atoms. The van der Waals surface area contributed by atoms with Gasteiger partial charge in [0.2, 0.25) is 0 Å². The van der Waals surface area contributed by atoms with E-state index in [0.29, 0.717) is 5.88 Å². The molecule has 1 heterocycles. The minimum absolute atomic E-state index is 0.0405. The van der Waals surface area contributed by atoms with Crippen LogP contribution in [0, 0.1) is 0 Å². The third kappa shape index (κ3) is 2.61. The van der Waals surface area contributed by atoms with Gasteiger partial charge in [-0.15, -0.1) is 11.6 Å². The molecule has 18 heavy (non-hydrogen) atoms. The molecule has 100 valence electrons. The van der Waals surface area contributed by atoms with E-state index in [1.165, 1.54) is 24.1 Å². The Morgan fingerprint density at radius 3 is 2.61 bits per heavy atom. The van der Waals surface area contributed by atoms with Gasteiger partial charge in [-0.1, -0.05) is 13.8 Å². The second-order valence-electron chi connectivity index (χ2n) is 5.10. The number of anilines is 1. The minimum Gasteiger partial charge on any atom is -0.363 e. The second kappa shape index (κ2) is 5.87. The predicted molar refractivity (Wildman–Crippen MR) is 76.3 cm³/mol. The summed E-state index contributed by atoms with van der Waals surface area (Å²) in [7, 11) is 0. The summed E-state index contributed by atoms with van der Waals surface area (Å²) >= 11 is 6.15. The van der Waals surface area contributed by atoms with Gasteiger partial charge < -0.3 is 5.32 Å². The predicted octanol–water partition coefficient (Wildman–Crippen LogP) is 3.56. The van der Waals surface area contributed by atoms with Gasteiger partial charge in [-0.05, 0) is 38.5 Å². The SMILES string of the molecule is CCC(CC)(CCl)Nc1ncnc2c1CCCC2. The summed E-state index contributed by atoms with van der Waals surface area (Å²) in [6.07, 6.45) is 8.34. The van der Waals surface area contributed by atoms with E-state index in [0.717, 1.165) is 31.5 Å². The highest BCUT2D eigenvalue weighted by atomic mass is 35.5. The molecule has 3 nitrogen and oxygen atoms in total. The molecule has 0 amide bonds. The smallest absolute Gasteiger partial charge is 0.133 e. The van der Waals surface area contributed by atoms with Gasteiger partial charge in [-0.3, -0.25) is 0 Å². The maximum atomic E-state index is 6.15. The molecule has 1 N–H and O–H groups in total. The molecule has 0 atom stereocenters. The number of nitrogens with one attached hydrogen (secondary N) is 1. The van der Waals surface area contributed by atoms with Crippen molar-refractivity contribution in [2.45, 2.75) is 57.9 Å². The van der Waals surface area contributed by atoms with Crippen LogP contribution in [0.3, 0.4) is 0 Å². The number of hydrogen-bond donors (Lipinski definition) is 1. The lowest BCUT2D eigenvalue weighted by Gasteiger charge is -2.32. The zero-order chi connectivity index (χ0) is 13.0. The van der Waals surface area contributed by atoms with E-state index >= 15 is 0 Å². The third-order valence-corrected chi connectivity index (χ3v) is 4.63. The van der Waals surface area contributed by atoms with Crippen LogP contribution in [-0.4, -0.2) is 21.4 Å². The zero-order valence-corrected chi connectivity index (χ0v) is 12.1. The number of aryl methyl sites for hydroxylation is 1. The van der Waals surface area contributed by atoms with Crippen molar-refractivity contribution < 1.29 is 0 Å². The van der Waals surface area contributed by atoms with Crippen LogP contribution in [0.25, 0.3) is 0 Å². The molecule has 2 rings (SSSR count). The third-order valence-electron chi connectivity index (χ3n) is 4.12. The van der Waals surface area contributed by atoms with Crippen molar-refractivity contribution in [3.63, 3.8) is 0 Å². The summed E-state index contributed by atoms with van der Waals surface area (Å²) in [5.41, 5.74) is 2.48. The summed E-state index contributed by atoms with van der Waals surface area (Å²) in [6, 6.07) is 0. The van der Waals surface area contributed by atoms with Crippen LogP contribution in [0.4, 0.5) is 5.82 Å². The summed E-state index contributed by atoms with van der Waals surface area (Å²) in [4.78, 5) is 8.84. The molecular weight excluding hydrogens is 246 g/mol. The molecule has 1 aliphatic carbocycles. The van der Waals surface area contributed by atoms with Crippen LogP contribution in [0.2, 0.25) is 0 Å². The second-order valence-corrected chi connectivity index (χ2v) is 5.37. The van der Waals surface area contributed by atoms with Gasteiger partial charge in [-0.2, -0.15) is 0 Å². The van der Waals surface area contributed by atoms with Gasteiger partial charge in [0.05, 0.1) is 5.54 Å². The standard InChI is InChI=1S/C14H22ClN3/c1-3-14(4-2,9-15)18-13-11-7-5-6-8-12(11)16-10-17-13/h10H,3-9H2,1-2H3,(H,16,17,18). The molecule has 0 unspecified atom stereocenters. The van der Waals surface area contributed by atoms with Crippen LogP contribution in [-0.2, 0) is 12.8 Å². The number of fused-ring (bicyclic) bond motifs is 1. The molecule has 0 aliphatic heterocycles. The molecule has 1 aliphatic rings. The number of rotatable bonds is 5. The lowest BCUT2D eigenvalue weighted by Crippen LogP contribution is -2.39. The molecule has 1 aromatic heterocycles. The first kappa shape index (κ1) is 13.6. The van der Waals surface area contributed by atoms with Crippen LogP contribution < -0.4 is 5.32 Å². The number of hydrogen-bond acceptors (Lipinski definition) is 3. The maximum absolute atomic E-state index is 6.15. The van der Waals surface area contributed by atoms with Gasteiger partial charge in [0, 0.05) is 17.1 Å². The van der Waals surface area contributed by atoms with Crippen LogP contribution in [0.5, 0.6) is 0 Å². The molecule has 0 aromatic carbocycles. The van der Waals surface area contributed by atoms with Crippen molar-refractivity contribution in [2.75, 3.05) is 11.2 Å². The molecule has 0 fully saturated rings. The van der Waals surface area contributed by atoms with E-state index in [1.807, 2.05) is 0 Å². The lowest BCUT2D eigenvalue weighted by molar-refractivity contribution is 0.481. The summed E-state index contributed by atoms with van der Waals surface area (Å²) in [5, 5.41) is 3.59. The molecule has 0 saturated carbocycles. The van der Waals surface area contributed by atoms with E-state index in [1.54, 1.807) is 6.33 Å². The highest BCUT2D eigenvalue weighted by molar-refractivity contribution is 6.18. The number of alkyl halides is 1. The van der Waals surface area contributed by atoms with Crippen LogP contribution >= 0.6 is 11.6 Å². The summed E-state index contributed by atoms with van der Waals surface area (Å²) in [6.45, 7) is 4.35. The summed E-state index contributed by atoms with van der Waals surface area (Å²) in [5.74, 6) is 1.61. The zero-order valence-electron chi connectivity index (χ0n) is 11.3. The molecule has 4 heteroatoms. The van der Waals surface area contributed by atoms with Gasteiger partial charge in [0.15, 0.2) is 0 Å². The van der Waals surface area contributed by atoms with Crippen molar-refractivity contribution >= 4 is 17.4 Å². The van der Waals surface area contributed by atoms with Crippen LogP contribution in [0.1, 0.15) is 50.8 Å². The average Bonchev–Trinajstić information content (AvgIpc) is 2.45. The van der Waals surface area contributed by atoms with E-state index in [4.69, 9.17) is 11.6 Å². The molecule has 1 aromatic rings. The van der Waals surface area contributed by atoms with E-state index in [9.17, 15) is 0 Å². The first-order valence-electron chi connectivity index (χ1n) is 6.91. The fourth-order valence-electron chi connectivity index (χ4n) is 2.53. The number of halogens is 1. The van der Waals surface area contributed by atoms with Gasteiger partial charge in [0.1, 0.15) is 12.1 Å². The number of nitrogens with zero attached hydrogens (tertiary/aromatic N) is 2. The van der Waals surface area contributed by atoms with Gasteiger partial charge in [-0.25, -0.2) is 9.97 Å². The maximum Gasteiger partial charge on any atom is 0.133 e. The van der Waals surface area contributed by atoms with E-state index < -0.39 is 0 Å². The molecule has 0 saturated heterocycles. The van der Waals surface area contributed by atoms with E-state index in [-0.39, 0.29) is 5.54 Å². The Morgan fingerprint density at radius 1 is 1.22 bits per heavy atom. The van der Waals surface area contributed by atoms with Crippen molar-refractivity contribution in [1.29, 1.82) is 0 Å². The number of aromatic nitrogens is 2. The van der Waals surface area contributed by atoms with E-state index in [2.05, 4.69) is 29.1 Å². The normalized spacial score (nSPS) is 15.3.